The van der Waals surface area contributed by atoms with Crippen molar-refractivity contribution in [1.82, 2.24) is 20.2 Å². The summed E-state index contributed by atoms with van der Waals surface area (Å²) in [6.45, 7) is 6.92. The van der Waals surface area contributed by atoms with E-state index < -0.39 is 0 Å². The molecule has 2 heterocycles. The van der Waals surface area contributed by atoms with Crippen molar-refractivity contribution >= 4 is 39.2 Å². The maximum absolute atomic E-state index is 12.5. The topological polar surface area (TPSA) is 58.1 Å². The van der Waals surface area contributed by atoms with Crippen LogP contribution in [0.5, 0.6) is 0 Å². The van der Waals surface area contributed by atoms with Crippen LogP contribution in [-0.4, -0.2) is 47.2 Å². The summed E-state index contributed by atoms with van der Waals surface area (Å²) in [6, 6.07) is 8.78. The first-order valence-corrected chi connectivity index (χ1v) is 11.6. The van der Waals surface area contributed by atoms with E-state index in [0.29, 0.717) is 12.3 Å². The minimum absolute atomic E-state index is 0.0170. The van der Waals surface area contributed by atoms with Gasteiger partial charge in [-0.25, -0.2) is 9.97 Å². The van der Waals surface area contributed by atoms with Gasteiger partial charge in [-0.1, -0.05) is 43.0 Å². The molecule has 0 unspecified atom stereocenters. The highest BCUT2D eigenvalue weighted by Crippen LogP contribution is 2.34. The molecule has 3 aromatic rings. The van der Waals surface area contributed by atoms with Gasteiger partial charge in [0.25, 0.3) is 0 Å². The lowest BCUT2D eigenvalue weighted by Gasteiger charge is -2.25. The number of carbonyl (C=O) groups excluding carboxylic acids is 1. The molecule has 29 heavy (non-hydrogen) atoms. The van der Waals surface area contributed by atoms with Gasteiger partial charge >= 0.3 is 0 Å². The third-order valence-electron chi connectivity index (χ3n) is 5.16. The van der Waals surface area contributed by atoms with Crippen LogP contribution in [0.15, 0.2) is 35.6 Å². The molecule has 1 amide bonds. The number of thioether (sulfide) groups is 1. The maximum atomic E-state index is 12.5. The van der Waals surface area contributed by atoms with Crippen molar-refractivity contribution in [3.05, 3.63) is 52.2 Å². The second-order valence-electron chi connectivity index (χ2n) is 7.31. The van der Waals surface area contributed by atoms with E-state index in [2.05, 4.69) is 65.2 Å². The molecule has 7 heteroatoms. The Hall–Kier alpha value is -1.96. The highest BCUT2D eigenvalue weighted by Gasteiger charge is 2.17. The fraction of sp³-hybridized carbons (Fsp3) is 0.409. The summed E-state index contributed by atoms with van der Waals surface area (Å²) >= 11 is 3.15. The first-order chi connectivity index (χ1) is 13.9. The van der Waals surface area contributed by atoms with Gasteiger partial charge in [-0.2, -0.15) is 0 Å². The molecular formula is C22H28N4OS2. The molecule has 0 aliphatic rings. The summed E-state index contributed by atoms with van der Waals surface area (Å²) in [4.78, 5) is 25.7. The number of rotatable bonds is 8. The first kappa shape index (κ1) is 21.7. The summed E-state index contributed by atoms with van der Waals surface area (Å²) in [6.07, 6.45) is 2.61. The summed E-state index contributed by atoms with van der Waals surface area (Å²) in [5.74, 6) is 0.360. The molecule has 0 bridgehead atoms. The van der Waals surface area contributed by atoms with E-state index in [-0.39, 0.29) is 11.9 Å². The summed E-state index contributed by atoms with van der Waals surface area (Å²) in [7, 11) is 4.08. The lowest BCUT2D eigenvalue weighted by molar-refractivity contribution is -0.118. The smallest absolute Gasteiger partial charge is 0.230 e. The number of fused-ring (bicyclic) bond motifs is 1. The summed E-state index contributed by atoms with van der Waals surface area (Å²) < 4.78 is 0. The normalized spacial score (nSPS) is 12.5. The minimum atomic E-state index is 0.0170. The molecule has 0 saturated heterocycles. The van der Waals surface area contributed by atoms with Crippen molar-refractivity contribution in [2.75, 3.05) is 26.4 Å². The zero-order chi connectivity index (χ0) is 21.0. The van der Waals surface area contributed by atoms with Gasteiger partial charge in [0.1, 0.15) is 16.2 Å². The summed E-state index contributed by atoms with van der Waals surface area (Å²) in [5, 5.41) is 5.05. The SMILES string of the molecule is CCc1ccc([C@@H](CNC(=O)CSc2ncnc3sc(C)c(C)c23)N(C)C)cc1. The van der Waals surface area contributed by atoms with Crippen molar-refractivity contribution < 1.29 is 4.79 Å². The van der Waals surface area contributed by atoms with E-state index in [9.17, 15) is 4.79 Å². The fourth-order valence-electron chi connectivity index (χ4n) is 3.23. The zero-order valence-corrected chi connectivity index (χ0v) is 19.3. The Morgan fingerprint density at radius 2 is 1.93 bits per heavy atom. The number of aryl methyl sites for hydroxylation is 3. The van der Waals surface area contributed by atoms with E-state index in [0.717, 1.165) is 21.7 Å². The number of hydrogen-bond donors (Lipinski definition) is 1. The van der Waals surface area contributed by atoms with Crippen LogP contribution in [0.2, 0.25) is 0 Å². The molecule has 0 saturated carbocycles. The average Bonchev–Trinajstić information content (AvgIpc) is 3.01. The number of likely N-dealkylation sites (N-methyl/N-ethyl adjacent to an activating group) is 1. The maximum Gasteiger partial charge on any atom is 0.230 e. The second-order valence-corrected chi connectivity index (χ2v) is 9.48. The Labute approximate surface area is 180 Å². The monoisotopic (exact) mass is 428 g/mol. The highest BCUT2D eigenvalue weighted by atomic mass is 32.2. The van der Waals surface area contributed by atoms with Crippen molar-refractivity contribution in [3.8, 4) is 0 Å². The Balaban J connectivity index is 1.61. The van der Waals surface area contributed by atoms with Crippen LogP contribution in [0.4, 0.5) is 0 Å². The van der Waals surface area contributed by atoms with E-state index in [1.54, 1.807) is 17.7 Å². The first-order valence-electron chi connectivity index (χ1n) is 9.76. The van der Waals surface area contributed by atoms with Crippen LogP contribution in [0.1, 0.15) is 34.5 Å². The lowest BCUT2D eigenvalue weighted by Crippen LogP contribution is -2.35. The van der Waals surface area contributed by atoms with Gasteiger partial charge in [-0.05, 0) is 51.1 Å². The van der Waals surface area contributed by atoms with Crippen molar-refractivity contribution in [2.45, 2.75) is 38.3 Å². The Morgan fingerprint density at radius 1 is 1.21 bits per heavy atom. The van der Waals surface area contributed by atoms with Crippen LogP contribution in [0.3, 0.4) is 0 Å². The van der Waals surface area contributed by atoms with Gasteiger partial charge in [0.05, 0.1) is 11.8 Å². The molecule has 3 rings (SSSR count). The molecule has 1 N–H and O–H groups in total. The molecular weight excluding hydrogens is 400 g/mol. The average molecular weight is 429 g/mol. The van der Waals surface area contributed by atoms with Gasteiger partial charge in [-0.15, -0.1) is 11.3 Å². The molecule has 0 radical (unpaired) electrons. The molecule has 0 aliphatic heterocycles. The highest BCUT2D eigenvalue weighted by molar-refractivity contribution is 8.00. The Morgan fingerprint density at radius 3 is 2.59 bits per heavy atom. The van der Waals surface area contributed by atoms with Crippen LogP contribution >= 0.6 is 23.1 Å². The van der Waals surface area contributed by atoms with Crippen LogP contribution < -0.4 is 5.32 Å². The van der Waals surface area contributed by atoms with E-state index in [4.69, 9.17) is 0 Å². The van der Waals surface area contributed by atoms with Crippen LogP contribution in [-0.2, 0) is 11.2 Å². The molecule has 0 aliphatic carbocycles. The van der Waals surface area contributed by atoms with E-state index in [1.165, 1.54) is 33.3 Å². The largest absolute Gasteiger partial charge is 0.353 e. The van der Waals surface area contributed by atoms with Crippen molar-refractivity contribution in [1.29, 1.82) is 0 Å². The predicted octanol–water partition coefficient (Wildman–Crippen LogP) is 4.38. The standard InChI is InChI=1S/C22H28N4OS2/c1-6-16-7-9-17(10-8-16)18(26(4)5)11-23-19(27)12-28-21-20-14(2)15(3)29-22(20)25-13-24-21/h7-10,13,18H,6,11-12H2,1-5H3,(H,23,27)/t18-/m1/s1. The quantitative estimate of drug-likeness (QED) is 0.426. The number of amides is 1. The molecule has 1 atom stereocenters. The number of benzene rings is 1. The number of aromatic nitrogens is 2. The van der Waals surface area contributed by atoms with E-state index in [1.807, 2.05) is 14.1 Å². The number of nitrogens with one attached hydrogen (secondary N) is 1. The third kappa shape index (κ3) is 5.15. The third-order valence-corrected chi connectivity index (χ3v) is 7.26. The minimum Gasteiger partial charge on any atom is -0.353 e. The summed E-state index contributed by atoms with van der Waals surface area (Å²) in [5.41, 5.74) is 3.74. The van der Waals surface area contributed by atoms with Gasteiger partial charge < -0.3 is 10.2 Å². The van der Waals surface area contributed by atoms with E-state index >= 15 is 0 Å². The van der Waals surface area contributed by atoms with Crippen LogP contribution in [0.25, 0.3) is 10.2 Å². The number of hydrogen-bond acceptors (Lipinski definition) is 6. The fourth-order valence-corrected chi connectivity index (χ4v) is 5.18. The number of carbonyl (C=O) groups is 1. The number of nitrogens with zero attached hydrogens (tertiary/aromatic N) is 3. The molecule has 0 fully saturated rings. The number of thiophene rings is 1. The molecule has 0 spiro atoms. The lowest BCUT2D eigenvalue weighted by atomic mass is 10.0. The predicted molar refractivity (Wildman–Crippen MR) is 123 cm³/mol. The van der Waals surface area contributed by atoms with Crippen molar-refractivity contribution in [2.24, 2.45) is 0 Å². The Bertz CT molecular complexity index is 982. The van der Waals surface area contributed by atoms with Crippen molar-refractivity contribution in [3.63, 3.8) is 0 Å². The van der Waals surface area contributed by atoms with Gasteiger partial charge in [0.15, 0.2) is 0 Å². The molecule has 2 aromatic heterocycles. The Kier molecular flexibility index (Phi) is 7.27. The van der Waals surface area contributed by atoms with Gasteiger partial charge in [0, 0.05) is 16.8 Å². The molecule has 1 aromatic carbocycles. The second kappa shape index (κ2) is 9.69. The van der Waals surface area contributed by atoms with Crippen LogP contribution in [0, 0.1) is 13.8 Å². The molecule has 5 nitrogen and oxygen atoms in total. The zero-order valence-electron chi connectivity index (χ0n) is 17.7. The molecule has 154 valence electrons. The van der Waals surface area contributed by atoms with Gasteiger partial charge in [0.2, 0.25) is 5.91 Å². The van der Waals surface area contributed by atoms with Gasteiger partial charge in [-0.3, -0.25) is 4.79 Å².